The van der Waals surface area contributed by atoms with Crippen LogP contribution in [0, 0.1) is 11.7 Å². The monoisotopic (exact) mass is 433 g/mol. The van der Waals surface area contributed by atoms with Gasteiger partial charge in [0.1, 0.15) is 11.4 Å². The summed E-state index contributed by atoms with van der Waals surface area (Å²) in [5.74, 6) is -1.30. The maximum atomic E-state index is 15.4. The van der Waals surface area contributed by atoms with Gasteiger partial charge in [-0.3, -0.25) is 14.9 Å². The zero-order valence-corrected chi connectivity index (χ0v) is 15.7. The van der Waals surface area contributed by atoms with E-state index in [0.29, 0.717) is 6.41 Å². The van der Waals surface area contributed by atoms with Gasteiger partial charge in [-0.2, -0.15) is 18.3 Å². The predicted molar refractivity (Wildman–Crippen MR) is 102 cm³/mol. The number of fused-ring (bicyclic) bond motifs is 2. The topological polar surface area (TPSA) is 114 Å². The Kier molecular flexibility index (Phi) is 4.22. The van der Waals surface area contributed by atoms with Gasteiger partial charge in [-0.15, -0.1) is 0 Å². The number of aromatic amines is 1. The molecule has 1 aliphatic rings. The SMILES string of the molecule is NC(c1c(F)c(C(F)(F)F)c(-c2cn3cc(NC=O)nc3cn2)c2cn[nH]c12)C1CC1. The van der Waals surface area contributed by atoms with Crippen LogP contribution in [0.5, 0.6) is 0 Å². The molecule has 4 aromatic rings. The molecule has 1 amide bonds. The molecule has 4 N–H and O–H groups in total. The molecule has 0 aliphatic heterocycles. The minimum Gasteiger partial charge on any atom is -0.324 e. The number of halogens is 4. The molecular formula is C19H15F4N7O. The second kappa shape index (κ2) is 6.74. The molecule has 3 heterocycles. The van der Waals surface area contributed by atoms with E-state index in [2.05, 4.69) is 25.5 Å². The van der Waals surface area contributed by atoms with E-state index in [0.717, 1.165) is 12.8 Å². The third kappa shape index (κ3) is 3.10. The summed E-state index contributed by atoms with van der Waals surface area (Å²) >= 11 is 0. The summed E-state index contributed by atoms with van der Waals surface area (Å²) in [6, 6.07) is -0.876. The van der Waals surface area contributed by atoms with Gasteiger partial charge in [0.2, 0.25) is 6.41 Å². The molecule has 1 saturated carbocycles. The fraction of sp³-hybridized carbons (Fsp3) is 0.263. The Hall–Kier alpha value is -3.54. The molecule has 31 heavy (non-hydrogen) atoms. The third-order valence-electron chi connectivity index (χ3n) is 5.43. The van der Waals surface area contributed by atoms with Crippen LogP contribution in [0.1, 0.15) is 30.0 Å². The van der Waals surface area contributed by atoms with Gasteiger partial charge in [-0.05, 0) is 18.8 Å². The third-order valence-corrected chi connectivity index (χ3v) is 5.43. The van der Waals surface area contributed by atoms with Gasteiger partial charge in [0.15, 0.2) is 11.5 Å². The molecule has 0 saturated heterocycles. The number of nitrogens with two attached hydrogens (primary N) is 1. The molecule has 1 fully saturated rings. The number of imidazole rings is 1. The second-order valence-corrected chi connectivity index (χ2v) is 7.42. The van der Waals surface area contributed by atoms with Crippen LogP contribution in [-0.4, -0.2) is 31.0 Å². The van der Waals surface area contributed by atoms with Crippen molar-refractivity contribution in [3.05, 3.63) is 41.7 Å². The van der Waals surface area contributed by atoms with E-state index < -0.39 is 29.2 Å². The first-order valence-corrected chi connectivity index (χ1v) is 9.36. The summed E-state index contributed by atoms with van der Waals surface area (Å²) < 4.78 is 59.1. The Balaban J connectivity index is 1.80. The number of H-pyrrole nitrogens is 1. The summed E-state index contributed by atoms with van der Waals surface area (Å²) in [6.45, 7) is 0. The minimum atomic E-state index is -5.00. The first kappa shape index (κ1) is 19.4. The van der Waals surface area contributed by atoms with Crippen molar-refractivity contribution in [3.8, 4) is 11.3 Å². The average molecular weight is 433 g/mol. The largest absolute Gasteiger partial charge is 0.419 e. The van der Waals surface area contributed by atoms with Crippen LogP contribution < -0.4 is 11.1 Å². The van der Waals surface area contributed by atoms with Gasteiger partial charge >= 0.3 is 6.18 Å². The van der Waals surface area contributed by atoms with Crippen LogP contribution in [0.15, 0.2) is 24.8 Å². The van der Waals surface area contributed by atoms with E-state index >= 15 is 4.39 Å². The molecule has 3 aromatic heterocycles. The smallest absolute Gasteiger partial charge is 0.324 e. The maximum Gasteiger partial charge on any atom is 0.419 e. The van der Waals surface area contributed by atoms with Gasteiger partial charge in [-0.1, -0.05) is 0 Å². The number of nitrogens with zero attached hydrogens (tertiary/aromatic N) is 4. The molecule has 8 nitrogen and oxygen atoms in total. The Labute approximate surface area is 171 Å². The quantitative estimate of drug-likeness (QED) is 0.330. The van der Waals surface area contributed by atoms with Gasteiger partial charge in [0, 0.05) is 28.8 Å². The first-order valence-electron chi connectivity index (χ1n) is 9.36. The number of alkyl halides is 3. The fourth-order valence-electron chi connectivity index (χ4n) is 3.86. The normalized spacial score (nSPS) is 15.5. The van der Waals surface area contributed by atoms with Crippen LogP contribution in [-0.2, 0) is 11.0 Å². The molecular weight excluding hydrogens is 418 g/mol. The Morgan fingerprint density at radius 1 is 1.29 bits per heavy atom. The highest BCUT2D eigenvalue weighted by Crippen LogP contribution is 2.48. The number of carbonyl (C=O) groups excluding carboxylic acids is 1. The number of hydrogen-bond acceptors (Lipinski definition) is 5. The van der Waals surface area contributed by atoms with Gasteiger partial charge in [-0.25, -0.2) is 9.37 Å². The lowest BCUT2D eigenvalue weighted by Gasteiger charge is -2.20. The lowest BCUT2D eigenvalue weighted by atomic mass is 9.91. The van der Waals surface area contributed by atoms with Gasteiger partial charge in [0.25, 0.3) is 0 Å². The molecule has 1 atom stereocenters. The van der Waals surface area contributed by atoms with Crippen molar-refractivity contribution in [2.45, 2.75) is 25.1 Å². The average Bonchev–Trinajstić information content (AvgIpc) is 3.31. The second-order valence-electron chi connectivity index (χ2n) is 7.42. The Bertz CT molecular complexity index is 1320. The van der Waals surface area contributed by atoms with E-state index in [9.17, 15) is 18.0 Å². The van der Waals surface area contributed by atoms with Crippen LogP contribution in [0.25, 0.3) is 27.8 Å². The highest BCUT2D eigenvalue weighted by atomic mass is 19.4. The Morgan fingerprint density at radius 2 is 2.06 bits per heavy atom. The molecule has 12 heteroatoms. The van der Waals surface area contributed by atoms with Gasteiger partial charge in [0.05, 0.1) is 29.8 Å². The Morgan fingerprint density at radius 3 is 2.74 bits per heavy atom. The van der Waals surface area contributed by atoms with Crippen LogP contribution in [0.3, 0.4) is 0 Å². The minimum absolute atomic E-state index is 0.0676. The summed E-state index contributed by atoms with van der Waals surface area (Å²) in [7, 11) is 0. The van der Waals surface area contributed by atoms with Crippen LogP contribution in [0.2, 0.25) is 0 Å². The number of anilines is 1. The summed E-state index contributed by atoms with van der Waals surface area (Å²) in [5.41, 5.74) is 4.29. The van der Waals surface area contributed by atoms with Crippen LogP contribution >= 0.6 is 0 Å². The molecule has 0 bridgehead atoms. The molecule has 0 radical (unpaired) electrons. The number of benzene rings is 1. The van der Waals surface area contributed by atoms with Crippen molar-refractivity contribution >= 4 is 28.8 Å². The van der Waals surface area contributed by atoms with Crippen molar-refractivity contribution in [1.82, 2.24) is 24.6 Å². The number of amides is 1. The molecule has 0 spiro atoms. The van der Waals surface area contributed by atoms with Crippen molar-refractivity contribution < 1.29 is 22.4 Å². The molecule has 1 aromatic carbocycles. The van der Waals surface area contributed by atoms with Gasteiger partial charge < -0.3 is 15.5 Å². The van der Waals surface area contributed by atoms with E-state index in [-0.39, 0.29) is 39.5 Å². The highest BCUT2D eigenvalue weighted by Gasteiger charge is 2.43. The fourth-order valence-corrected chi connectivity index (χ4v) is 3.86. The summed E-state index contributed by atoms with van der Waals surface area (Å²) in [4.78, 5) is 18.8. The number of nitrogens with one attached hydrogen (secondary N) is 2. The standard InChI is InChI=1S/C19H15F4N7O/c20-16-14(17(24)8-1-2-8)18-9(3-27-29-18)13(15(16)19(21,22)23)10-5-30-6-11(26-7-31)28-12(30)4-25-10/h3-8,17H,1-2,24H2,(H,26,31)(H,27,29). The zero-order chi connectivity index (χ0) is 21.9. The number of aromatic nitrogens is 5. The van der Waals surface area contributed by atoms with Crippen LogP contribution in [0.4, 0.5) is 23.4 Å². The first-order chi connectivity index (χ1) is 14.8. The number of rotatable bonds is 5. The highest BCUT2D eigenvalue weighted by molar-refractivity contribution is 5.98. The van der Waals surface area contributed by atoms with E-state index in [1.54, 1.807) is 0 Å². The lowest BCUT2D eigenvalue weighted by Crippen LogP contribution is -2.20. The van der Waals surface area contributed by atoms with Crippen molar-refractivity contribution in [1.29, 1.82) is 0 Å². The van der Waals surface area contributed by atoms with E-state index in [4.69, 9.17) is 5.73 Å². The predicted octanol–water partition coefficient (Wildman–Crippen LogP) is 3.41. The molecule has 5 rings (SSSR count). The maximum absolute atomic E-state index is 15.4. The van der Waals surface area contributed by atoms with E-state index in [1.165, 1.54) is 29.2 Å². The van der Waals surface area contributed by atoms with Crippen molar-refractivity contribution in [2.75, 3.05) is 5.32 Å². The van der Waals surface area contributed by atoms with Crippen molar-refractivity contribution in [2.24, 2.45) is 11.7 Å². The summed E-state index contributed by atoms with van der Waals surface area (Å²) in [6.07, 6.45) is 2.02. The summed E-state index contributed by atoms with van der Waals surface area (Å²) in [5, 5.41) is 8.88. The zero-order valence-electron chi connectivity index (χ0n) is 15.7. The molecule has 1 unspecified atom stereocenters. The lowest BCUT2D eigenvalue weighted by molar-refractivity contribution is -0.139. The van der Waals surface area contributed by atoms with Crippen molar-refractivity contribution in [3.63, 3.8) is 0 Å². The van der Waals surface area contributed by atoms with E-state index in [1.807, 2.05) is 0 Å². The number of carbonyl (C=O) groups is 1. The molecule has 1 aliphatic carbocycles. The molecule has 160 valence electrons. The number of hydrogen-bond donors (Lipinski definition) is 3.